The van der Waals surface area contributed by atoms with Crippen LogP contribution in [0.4, 0.5) is 4.39 Å². The standard InChI is InChI=1S/C11H10BrFN2O4/c12-7-3-6(4-14-8(7)16)9(17)15-2-1-11(13,5-15)10(18)19/h3-4H,1-2,5H2,(H,14,16)(H,18,19). The van der Waals surface area contributed by atoms with Gasteiger partial charge in [-0.15, -0.1) is 0 Å². The maximum absolute atomic E-state index is 13.8. The van der Waals surface area contributed by atoms with Crippen LogP contribution in [0, 0.1) is 0 Å². The fourth-order valence-electron chi connectivity index (χ4n) is 1.88. The quantitative estimate of drug-likeness (QED) is 0.837. The lowest BCUT2D eigenvalue weighted by Crippen LogP contribution is -2.39. The number of nitrogens with one attached hydrogen (secondary N) is 1. The van der Waals surface area contributed by atoms with Gasteiger partial charge in [0.15, 0.2) is 0 Å². The third kappa shape index (κ3) is 2.53. The van der Waals surface area contributed by atoms with E-state index >= 15 is 0 Å². The molecule has 1 aliphatic heterocycles. The maximum Gasteiger partial charge on any atom is 0.343 e. The first-order chi connectivity index (χ1) is 8.83. The van der Waals surface area contributed by atoms with Gasteiger partial charge in [0.25, 0.3) is 11.5 Å². The number of carboxylic acid groups (broad SMARTS) is 1. The van der Waals surface area contributed by atoms with Gasteiger partial charge in [0.1, 0.15) is 0 Å². The normalized spacial score (nSPS) is 22.5. The summed E-state index contributed by atoms with van der Waals surface area (Å²) in [6.45, 7) is -0.462. The highest BCUT2D eigenvalue weighted by molar-refractivity contribution is 9.10. The van der Waals surface area contributed by atoms with E-state index in [0.717, 1.165) is 4.90 Å². The number of hydrogen-bond donors (Lipinski definition) is 2. The van der Waals surface area contributed by atoms with Gasteiger partial charge in [-0.05, 0) is 22.0 Å². The van der Waals surface area contributed by atoms with Gasteiger partial charge in [0.05, 0.1) is 16.6 Å². The van der Waals surface area contributed by atoms with E-state index < -0.39 is 24.1 Å². The van der Waals surface area contributed by atoms with Gasteiger partial charge in [-0.1, -0.05) is 0 Å². The monoisotopic (exact) mass is 332 g/mol. The summed E-state index contributed by atoms with van der Waals surface area (Å²) in [5, 5.41) is 8.76. The minimum absolute atomic E-state index is 0.0262. The average Bonchev–Trinajstić information content (AvgIpc) is 2.76. The number of amides is 1. The number of carbonyl (C=O) groups is 2. The Labute approximate surface area is 115 Å². The van der Waals surface area contributed by atoms with E-state index in [1.165, 1.54) is 12.3 Å². The minimum Gasteiger partial charge on any atom is -0.479 e. The molecule has 1 aromatic heterocycles. The zero-order chi connectivity index (χ0) is 14.2. The Hall–Kier alpha value is -1.70. The van der Waals surface area contributed by atoms with Crippen LogP contribution in [0.1, 0.15) is 16.8 Å². The van der Waals surface area contributed by atoms with Crippen LogP contribution in [0.5, 0.6) is 0 Å². The molecule has 0 aromatic carbocycles. The summed E-state index contributed by atoms with van der Waals surface area (Å²) < 4.78 is 14.0. The number of rotatable bonds is 2. The summed E-state index contributed by atoms with van der Waals surface area (Å²) >= 11 is 2.99. The van der Waals surface area contributed by atoms with Crippen molar-refractivity contribution in [3.63, 3.8) is 0 Å². The largest absolute Gasteiger partial charge is 0.479 e. The number of carboxylic acids is 1. The van der Waals surface area contributed by atoms with E-state index in [0.29, 0.717) is 0 Å². The topological polar surface area (TPSA) is 90.5 Å². The van der Waals surface area contributed by atoms with E-state index in [1.807, 2.05) is 0 Å². The lowest BCUT2D eigenvalue weighted by Gasteiger charge is -2.17. The summed E-state index contributed by atoms with van der Waals surface area (Å²) in [4.78, 5) is 37.4. The van der Waals surface area contributed by atoms with E-state index in [-0.39, 0.29) is 28.6 Å². The molecule has 2 N–H and O–H groups in total. The van der Waals surface area contributed by atoms with Crippen molar-refractivity contribution >= 4 is 27.8 Å². The molecule has 102 valence electrons. The number of pyridine rings is 1. The van der Waals surface area contributed by atoms with Crippen molar-refractivity contribution in [2.75, 3.05) is 13.1 Å². The molecule has 0 radical (unpaired) electrons. The first-order valence-corrected chi connectivity index (χ1v) is 6.22. The molecular formula is C11H10BrFN2O4. The van der Waals surface area contributed by atoms with E-state index in [9.17, 15) is 18.8 Å². The maximum atomic E-state index is 13.8. The van der Waals surface area contributed by atoms with Gasteiger partial charge < -0.3 is 15.0 Å². The number of alkyl halides is 1. The molecule has 0 bridgehead atoms. The van der Waals surface area contributed by atoms with Crippen LogP contribution in [0.3, 0.4) is 0 Å². The molecule has 19 heavy (non-hydrogen) atoms. The molecule has 1 unspecified atom stereocenters. The lowest BCUT2D eigenvalue weighted by atomic mass is 10.1. The summed E-state index contributed by atoms with van der Waals surface area (Å²) in [7, 11) is 0. The van der Waals surface area contributed by atoms with Crippen molar-refractivity contribution in [2.45, 2.75) is 12.1 Å². The Morgan fingerprint density at radius 3 is 2.74 bits per heavy atom. The molecule has 1 fully saturated rings. The molecular weight excluding hydrogens is 323 g/mol. The van der Waals surface area contributed by atoms with Gasteiger partial charge in [0.2, 0.25) is 5.67 Å². The van der Waals surface area contributed by atoms with Crippen molar-refractivity contribution in [2.24, 2.45) is 0 Å². The van der Waals surface area contributed by atoms with Crippen molar-refractivity contribution in [1.29, 1.82) is 0 Å². The number of nitrogens with zero attached hydrogens (tertiary/aromatic N) is 1. The number of aromatic nitrogens is 1. The Bertz CT molecular complexity index is 603. The number of aliphatic carboxylic acids is 1. The number of halogens is 2. The number of aromatic amines is 1. The zero-order valence-electron chi connectivity index (χ0n) is 9.65. The van der Waals surface area contributed by atoms with Crippen LogP contribution >= 0.6 is 15.9 Å². The van der Waals surface area contributed by atoms with Crippen molar-refractivity contribution in [3.8, 4) is 0 Å². The highest BCUT2D eigenvalue weighted by Crippen LogP contribution is 2.27. The summed E-state index contributed by atoms with van der Waals surface area (Å²) in [5.74, 6) is -2.08. The van der Waals surface area contributed by atoms with E-state index in [4.69, 9.17) is 5.11 Å². The Morgan fingerprint density at radius 1 is 1.53 bits per heavy atom. The van der Waals surface area contributed by atoms with Crippen LogP contribution < -0.4 is 5.56 Å². The fraction of sp³-hybridized carbons (Fsp3) is 0.364. The van der Waals surface area contributed by atoms with E-state index in [1.54, 1.807) is 0 Å². The van der Waals surface area contributed by atoms with Crippen molar-refractivity contribution in [1.82, 2.24) is 9.88 Å². The van der Waals surface area contributed by atoms with E-state index in [2.05, 4.69) is 20.9 Å². The molecule has 1 amide bonds. The summed E-state index contributed by atoms with van der Waals surface area (Å²) in [5.41, 5.74) is -2.61. The molecule has 2 rings (SSSR count). The van der Waals surface area contributed by atoms with Crippen LogP contribution in [0.15, 0.2) is 21.5 Å². The number of H-pyrrole nitrogens is 1. The second kappa shape index (κ2) is 4.76. The number of carbonyl (C=O) groups excluding carboxylic acids is 1. The predicted octanol–water partition coefficient (Wildman–Crippen LogP) is 0.776. The average molecular weight is 333 g/mol. The first-order valence-electron chi connectivity index (χ1n) is 5.43. The highest BCUT2D eigenvalue weighted by atomic mass is 79.9. The van der Waals surface area contributed by atoms with Gasteiger partial charge in [0, 0.05) is 19.2 Å². The van der Waals surface area contributed by atoms with Crippen LogP contribution in [-0.2, 0) is 4.79 Å². The molecule has 0 aliphatic carbocycles. The molecule has 6 nitrogen and oxygen atoms in total. The Balaban J connectivity index is 2.20. The fourth-order valence-corrected chi connectivity index (χ4v) is 2.24. The third-order valence-electron chi connectivity index (χ3n) is 2.99. The second-order valence-corrected chi connectivity index (χ2v) is 5.17. The van der Waals surface area contributed by atoms with Crippen LogP contribution in [-0.4, -0.2) is 45.6 Å². The molecule has 8 heteroatoms. The van der Waals surface area contributed by atoms with Gasteiger partial charge >= 0.3 is 5.97 Å². The SMILES string of the molecule is O=C(c1c[nH]c(=O)c(Br)c1)N1CCC(F)(C(=O)O)C1. The van der Waals surface area contributed by atoms with Crippen LogP contribution in [0.25, 0.3) is 0 Å². The number of hydrogen-bond acceptors (Lipinski definition) is 3. The number of likely N-dealkylation sites (tertiary alicyclic amines) is 1. The molecule has 2 heterocycles. The summed E-state index contributed by atoms with van der Waals surface area (Å²) in [6, 6.07) is 1.32. The Morgan fingerprint density at radius 2 is 2.21 bits per heavy atom. The highest BCUT2D eigenvalue weighted by Gasteiger charge is 2.47. The van der Waals surface area contributed by atoms with Crippen molar-refractivity contribution < 1.29 is 19.1 Å². The minimum atomic E-state index is -2.39. The second-order valence-electron chi connectivity index (χ2n) is 4.31. The van der Waals surface area contributed by atoms with Crippen molar-refractivity contribution in [3.05, 3.63) is 32.7 Å². The van der Waals surface area contributed by atoms with Gasteiger partial charge in [-0.3, -0.25) is 9.59 Å². The predicted molar refractivity (Wildman–Crippen MR) is 66.8 cm³/mol. The molecule has 1 aromatic rings. The molecule has 1 saturated heterocycles. The zero-order valence-corrected chi connectivity index (χ0v) is 11.2. The Kier molecular flexibility index (Phi) is 3.44. The molecule has 1 atom stereocenters. The first kappa shape index (κ1) is 13.7. The van der Waals surface area contributed by atoms with Gasteiger partial charge in [-0.25, -0.2) is 9.18 Å². The van der Waals surface area contributed by atoms with Gasteiger partial charge in [-0.2, -0.15) is 0 Å². The molecule has 0 spiro atoms. The molecule has 1 aliphatic rings. The smallest absolute Gasteiger partial charge is 0.343 e. The van der Waals surface area contributed by atoms with Crippen LogP contribution in [0.2, 0.25) is 0 Å². The summed E-state index contributed by atoms with van der Waals surface area (Å²) in [6.07, 6.45) is 0.979. The lowest BCUT2D eigenvalue weighted by molar-refractivity contribution is -0.149. The molecule has 0 saturated carbocycles. The third-order valence-corrected chi connectivity index (χ3v) is 3.58.